The van der Waals surface area contributed by atoms with Gasteiger partial charge in [-0.1, -0.05) is 6.07 Å². The molecular formula is C18H19N3O2. The first-order chi connectivity index (χ1) is 11.2. The fourth-order valence-corrected chi connectivity index (χ4v) is 2.38. The third-order valence-corrected chi connectivity index (χ3v) is 3.50. The minimum absolute atomic E-state index is 0.623. The molecule has 2 heterocycles. The van der Waals surface area contributed by atoms with Crippen molar-refractivity contribution in [3.05, 3.63) is 66.3 Å². The van der Waals surface area contributed by atoms with Crippen molar-refractivity contribution in [2.45, 2.75) is 13.1 Å². The Hall–Kier alpha value is -2.66. The first-order valence-electron chi connectivity index (χ1n) is 7.41. The van der Waals surface area contributed by atoms with E-state index in [0.717, 1.165) is 23.6 Å². The van der Waals surface area contributed by atoms with Gasteiger partial charge in [-0.05, 0) is 42.9 Å². The SMILES string of the molecule is COc1ccc(-c2nc(CN(C)Cc3cccnc3)co2)cc1. The van der Waals surface area contributed by atoms with Crippen LogP contribution in [0.2, 0.25) is 0 Å². The van der Waals surface area contributed by atoms with Crippen LogP contribution in [0.4, 0.5) is 0 Å². The molecule has 5 nitrogen and oxygen atoms in total. The van der Waals surface area contributed by atoms with Gasteiger partial charge in [-0.2, -0.15) is 0 Å². The summed E-state index contributed by atoms with van der Waals surface area (Å²) in [6.07, 6.45) is 5.36. The van der Waals surface area contributed by atoms with Gasteiger partial charge in [-0.15, -0.1) is 0 Å². The maximum absolute atomic E-state index is 5.58. The zero-order valence-corrected chi connectivity index (χ0v) is 13.3. The molecule has 3 aromatic rings. The molecule has 0 atom stereocenters. The Kier molecular flexibility index (Phi) is 4.68. The fourth-order valence-electron chi connectivity index (χ4n) is 2.38. The Labute approximate surface area is 135 Å². The van der Waals surface area contributed by atoms with Crippen molar-refractivity contribution < 1.29 is 9.15 Å². The molecule has 3 rings (SSSR count). The predicted octanol–water partition coefficient (Wildman–Crippen LogP) is 3.38. The number of pyridine rings is 1. The molecule has 0 unspecified atom stereocenters. The molecule has 0 spiro atoms. The van der Waals surface area contributed by atoms with Gasteiger partial charge in [-0.25, -0.2) is 4.98 Å². The van der Waals surface area contributed by atoms with Crippen LogP contribution < -0.4 is 4.74 Å². The monoisotopic (exact) mass is 309 g/mol. The van der Waals surface area contributed by atoms with Gasteiger partial charge in [0.2, 0.25) is 5.89 Å². The zero-order chi connectivity index (χ0) is 16.1. The van der Waals surface area contributed by atoms with Crippen molar-refractivity contribution in [1.29, 1.82) is 0 Å². The van der Waals surface area contributed by atoms with Gasteiger partial charge in [0, 0.05) is 31.0 Å². The Morgan fingerprint density at radius 1 is 1.13 bits per heavy atom. The van der Waals surface area contributed by atoms with E-state index < -0.39 is 0 Å². The van der Waals surface area contributed by atoms with Crippen molar-refractivity contribution in [2.75, 3.05) is 14.2 Å². The van der Waals surface area contributed by atoms with Crippen molar-refractivity contribution >= 4 is 0 Å². The van der Waals surface area contributed by atoms with E-state index in [1.54, 1.807) is 19.6 Å². The van der Waals surface area contributed by atoms with Crippen LogP contribution >= 0.6 is 0 Å². The van der Waals surface area contributed by atoms with Crippen LogP contribution in [0.5, 0.6) is 5.75 Å². The molecule has 1 aromatic carbocycles. The number of ether oxygens (including phenoxy) is 1. The van der Waals surface area contributed by atoms with Crippen LogP contribution in [0.1, 0.15) is 11.3 Å². The minimum atomic E-state index is 0.623. The van der Waals surface area contributed by atoms with Gasteiger partial charge in [0.15, 0.2) is 0 Å². The lowest BCUT2D eigenvalue weighted by Gasteiger charge is -2.14. The molecule has 0 aliphatic heterocycles. The fraction of sp³-hybridized carbons (Fsp3) is 0.222. The average Bonchev–Trinajstić information content (AvgIpc) is 3.04. The second-order valence-corrected chi connectivity index (χ2v) is 5.41. The van der Waals surface area contributed by atoms with E-state index >= 15 is 0 Å². The van der Waals surface area contributed by atoms with Crippen molar-refractivity contribution in [3.8, 4) is 17.2 Å². The highest BCUT2D eigenvalue weighted by atomic mass is 16.5. The molecule has 0 saturated carbocycles. The largest absolute Gasteiger partial charge is 0.497 e. The summed E-state index contributed by atoms with van der Waals surface area (Å²) in [7, 11) is 3.70. The first kappa shape index (κ1) is 15.2. The topological polar surface area (TPSA) is 51.4 Å². The standard InChI is InChI=1S/C18H19N3O2/c1-21(11-14-4-3-9-19-10-14)12-16-13-23-18(20-16)15-5-7-17(22-2)8-6-15/h3-10,13H,11-12H2,1-2H3. The molecule has 0 amide bonds. The van der Waals surface area contributed by atoms with E-state index in [2.05, 4.69) is 28.0 Å². The van der Waals surface area contributed by atoms with E-state index in [1.165, 1.54) is 5.56 Å². The molecule has 0 saturated heterocycles. The second-order valence-electron chi connectivity index (χ2n) is 5.41. The van der Waals surface area contributed by atoms with Crippen LogP contribution in [0.15, 0.2) is 59.5 Å². The van der Waals surface area contributed by atoms with Crippen molar-refractivity contribution in [2.24, 2.45) is 0 Å². The van der Waals surface area contributed by atoms with E-state index in [9.17, 15) is 0 Å². The normalized spacial score (nSPS) is 10.9. The Morgan fingerprint density at radius 2 is 1.96 bits per heavy atom. The molecule has 0 radical (unpaired) electrons. The molecule has 0 fully saturated rings. The predicted molar refractivity (Wildman–Crippen MR) is 87.9 cm³/mol. The van der Waals surface area contributed by atoms with Gasteiger partial charge in [-0.3, -0.25) is 9.88 Å². The summed E-state index contributed by atoms with van der Waals surface area (Å²) in [6.45, 7) is 1.53. The van der Waals surface area contributed by atoms with Crippen LogP contribution in [-0.2, 0) is 13.1 Å². The summed E-state index contributed by atoms with van der Waals surface area (Å²) >= 11 is 0. The molecule has 0 aliphatic rings. The summed E-state index contributed by atoms with van der Waals surface area (Å²) in [4.78, 5) is 10.9. The molecule has 118 valence electrons. The Balaban J connectivity index is 1.64. The van der Waals surface area contributed by atoms with E-state index in [1.807, 2.05) is 36.5 Å². The van der Waals surface area contributed by atoms with Crippen LogP contribution in [-0.4, -0.2) is 29.0 Å². The maximum atomic E-state index is 5.58. The number of benzene rings is 1. The first-order valence-corrected chi connectivity index (χ1v) is 7.41. The molecule has 2 aromatic heterocycles. The van der Waals surface area contributed by atoms with Crippen LogP contribution in [0, 0.1) is 0 Å². The maximum Gasteiger partial charge on any atom is 0.226 e. The molecule has 0 N–H and O–H groups in total. The summed E-state index contributed by atoms with van der Waals surface area (Å²) in [6, 6.07) is 11.7. The lowest BCUT2D eigenvalue weighted by atomic mass is 10.2. The summed E-state index contributed by atoms with van der Waals surface area (Å²) in [5.74, 6) is 1.44. The second kappa shape index (κ2) is 7.07. The third-order valence-electron chi connectivity index (χ3n) is 3.50. The Bertz CT molecular complexity index is 738. The number of hydrogen-bond donors (Lipinski definition) is 0. The molecule has 0 bridgehead atoms. The Morgan fingerprint density at radius 3 is 2.65 bits per heavy atom. The zero-order valence-electron chi connectivity index (χ0n) is 13.3. The highest BCUT2D eigenvalue weighted by molar-refractivity contribution is 5.54. The smallest absolute Gasteiger partial charge is 0.226 e. The molecule has 23 heavy (non-hydrogen) atoms. The van der Waals surface area contributed by atoms with E-state index in [-0.39, 0.29) is 0 Å². The number of aromatic nitrogens is 2. The number of nitrogens with zero attached hydrogens (tertiary/aromatic N) is 3. The van der Waals surface area contributed by atoms with Gasteiger partial charge in [0.25, 0.3) is 0 Å². The van der Waals surface area contributed by atoms with Crippen LogP contribution in [0.3, 0.4) is 0 Å². The van der Waals surface area contributed by atoms with Crippen molar-refractivity contribution in [3.63, 3.8) is 0 Å². The highest BCUT2D eigenvalue weighted by Gasteiger charge is 2.09. The summed E-state index contributed by atoms with van der Waals surface area (Å²) in [5.41, 5.74) is 3.02. The number of oxazole rings is 1. The van der Waals surface area contributed by atoms with E-state index in [4.69, 9.17) is 9.15 Å². The molecular weight excluding hydrogens is 290 g/mol. The van der Waals surface area contributed by atoms with E-state index in [0.29, 0.717) is 12.4 Å². The van der Waals surface area contributed by atoms with Crippen LogP contribution in [0.25, 0.3) is 11.5 Å². The summed E-state index contributed by atoms with van der Waals surface area (Å²) in [5, 5.41) is 0. The minimum Gasteiger partial charge on any atom is -0.497 e. The quantitative estimate of drug-likeness (QED) is 0.698. The lowest BCUT2D eigenvalue weighted by molar-refractivity contribution is 0.314. The molecule has 0 aliphatic carbocycles. The number of methoxy groups -OCH3 is 1. The van der Waals surface area contributed by atoms with Gasteiger partial charge < -0.3 is 9.15 Å². The summed E-state index contributed by atoms with van der Waals surface area (Å²) < 4.78 is 10.7. The number of rotatable bonds is 6. The number of hydrogen-bond acceptors (Lipinski definition) is 5. The third kappa shape index (κ3) is 3.96. The molecule has 5 heteroatoms. The van der Waals surface area contributed by atoms with Crippen molar-refractivity contribution in [1.82, 2.24) is 14.9 Å². The van der Waals surface area contributed by atoms with Gasteiger partial charge in [0.05, 0.1) is 12.8 Å². The highest BCUT2D eigenvalue weighted by Crippen LogP contribution is 2.22. The average molecular weight is 309 g/mol. The van der Waals surface area contributed by atoms with Gasteiger partial charge in [0.1, 0.15) is 12.0 Å². The van der Waals surface area contributed by atoms with Gasteiger partial charge >= 0.3 is 0 Å². The lowest BCUT2D eigenvalue weighted by Crippen LogP contribution is -2.17.